The molecule has 0 aromatic heterocycles. The number of nitrogens with one attached hydrogen (secondary N) is 1. The number of carboxylic acids is 1. The Hall–Kier alpha value is -2.10. The van der Waals surface area contributed by atoms with E-state index in [1.54, 1.807) is 0 Å². The van der Waals surface area contributed by atoms with Gasteiger partial charge in [0.1, 0.15) is 0 Å². The van der Waals surface area contributed by atoms with Gasteiger partial charge in [-0.2, -0.15) is 0 Å². The maximum Gasteiger partial charge on any atom is 0.307 e. The van der Waals surface area contributed by atoms with Gasteiger partial charge in [0, 0.05) is 6.54 Å². The Morgan fingerprint density at radius 1 is 1.10 bits per heavy atom. The van der Waals surface area contributed by atoms with Gasteiger partial charge in [-0.1, -0.05) is 42.5 Å². The predicted molar refractivity (Wildman–Crippen MR) is 80.8 cm³/mol. The molecular formula is C17H21NO3. The molecule has 4 heteroatoms. The number of aliphatic carboxylic acids is 1. The van der Waals surface area contributed by atoms with Crippen molar-refractivity contribution in [3.8, 4) is 0 Å². The summed E-state index contributed by atoms with van der Waals surface area (Å²) >= 11 is 0. The zero-order valence-electron chi connectivity index (χ0n) is 12.0. The van der Waals surface area contributed by atoms with Crippen molar-refractivity contribution in [2.24, 2.45) is 11.8 Å². The molecule has 1 aliphatic carbocycles. The minimum atomic E-state index is -0.885. The van der Waals surface area contributed by atoms with Crippen LogP contribution in [0.3, 0.4) is 0 Å². The van der Waals surface area contributed by atoms with E-state index in [-0.39, 0.29) is 5.91 Å². The van der Waals surface area contributed by atoms with Gasteiger partial charge in [0.05, 0.1) is 11.8 Å². The van der Waals surface area contributed by atoms with Gasteiger partial charge in [0.15, 0.2) is 0 Å². The minimum absolute atomic E-state index is 0.139. The molecule has 0 heterocycles. The number of rotatable bonds is 6. The molecule has 1 amide bonds. The Balaban J connectivity index is 1.76. The lowest BCUT2D eigenvalue weighted by Crippen LogP contribution is -2.39. The second-order valence-electron chi connectivity index (χ2n) is 5.37. The van der Waals surface area contributed by atoms with Crippen molar-refractivity contribution in [2.45, 2.75) is 25.7 Å². The van der Waals surface area contributed by atoms with E-state index in [1.165, 1.54) is 5.56 Å². The number of allylic oxidation sites excluding steroid dienone is 2. The van der Waals surface area contributed by atoms with Gasteiger partial charge >= 0.3 is 5.97 Å². The molecule has 0 fully saturated rings. The molecule has 0 unspecified atom stereocenters. The maximum absolute atomic E-state index is 12.1. The number of carboxylic acid groups (broad SMARTS) is 1. The van der Waals surface area contributed by atoms with Gasteiger partial charge in [0.25, 0.3) is 0 Å². The van der Waals surface area contributed by atoms with Crippen LogP contribution in [-0.4, -0.2) is 23.5 Å². The summed E-state index contributed by atoms with van der Waals surface area (Å²) < 4.78 is 0. The molecule has 1 aliphatic rings. The Morgan fingerprint density at radius 3 is 2.43 bits per heavy atom. The molecular weight excluding hydrogens is 266 g/mol. The smallest absolute Gasteiger partial charge is 0.307 e. The highest BCUT2D eigenvalue weighted by Crippen LogP contribution is 2.25. The van der Waals surface area contributed by atoms with Crippen LogP contribution < -0.4 is 5.32 Å². The zero-order chi connectivity index (χ0) is 15.1. The standard InChI is InChI=1S/C17H21NO3/c19-16(14-10-4-5-11-15(14)17(20)21)18-12-6-9-13-7-2-1-3-8-13/h1-5,7-8,14-15H,6,9-12H2,(H,18,19)(H,20,21)/t14-,15+/m0/s1. The molecule has 2 rings (SSSR count). The molecule has 0 spiro atoms. The molecule has 1 aromatic carbocycles. The van der Waals surface area contributed by atoms with Crippen molar-refractivity contribution in [3.05, 3.63) is 48.0 Å². The summed E-state index contributed by atoms with van der Waals surface area (Å²) in [4.78, 5) is 23.3. The van der Waals surface area contributed by atoms with Gasteiger partial charge in [-0.05, 0) is 31.2 Å². The number of hydrogen-bond donors (Lipinski definition) is 2. The van der Waals surface area contributed by atoms with Crippen LogP contribution in [0, 0.1) is 11.8 Å². The summed E-state index contributed by atoms with van der Waals surface area (Å²) in [6, 6.07) is 10.1. The van der Waals surface area contributed by atoms with Crippen LogP contribution in [0.2, 0.25) is 0 Å². The van der Waals surface area contributed by atoms with E-state index in [0.29, 0.717) is 19.4 Å². The summed E-state index contributed by atoms with van der Waals surface area (Å²) in [6.07, 6.45) is 6.47. The largest absolute Gasteiger partial charge is 0.481 e. The number of hydrogen-bond acceptors (Lipinski definition) is 2. The molecule has 0 saturated carbocycles. The third kappa shape index (κ3) is 4.45. The molecule has 2 atom stereocenters. The van der Waals surface area contributed by atoms with Gasteiger partial charge in [0.2, 0.25) is 5.91 Å². The van der Waals surface area contributed by atoms with Crippen LogP contribution in [0.15, 0.2) is 42.5 Å². The molecule has 2 N–H and O–H groups in total. The second-order valence-corrected chi connectivity index (χ2v) is 5.37. The molecule has 0 saturated heterocycles. The molecule has 4 nitrogen and oxygen atoms in total. The summed E-state index contributed by atoms with van der Waals surface area (Å²) in [5.74, 6) is -2.06. The lowest BCUT2D eigenvalue weighted by molar-refractivity contribution is -0.147. The van der Waals surface area contributed by atoms with E-state index >= 15 is 0 Å². The van der Waals surface area contributed by atoms with Crippen molar-refractivity contribution in [1.82, 2.24) is 5.32 Å². The van der Waals surface area contributed by atoms with Crippen molar-refractivity contribution >= 4 is 11.9 Å². The number of carbonyl (C=O) groups is 2. The molecule has 112 valence electrons. The van der Waals surface area contributed by atoms with Crippen LogP contribution in [0.5, 0.6) is 0 Å². The van der Waals surface area contributed by atoms with Crippen LogP contribution in [0.1, 0.15) is 24.8 Å². The minimum Gasteiger partial charge on any atom is -0.481 e. The summed E-state index contributed by atoms with van der Waals surface area (Å²) in [6.45, 7) is 0.584. The zero-order valence-corrected chi connectivity index (χ0v) is 12.0. The number of carbonyl (C=O) groups excluding carboxylic acids is 1. The highest BCUT2D eigenvalue weighted by Gasteiger charge is 2.33. The summed E-state index contributed by atoms with van der Waals surface area (Å²) in [7, 11) is 0. The maximum atomic E-state index is 12.1. The van der Waals surface area contributed by atoms with Gasteiger partial charge < -0.3 is 10.4 Å². The molecule has 21 heavy (non-hydrogen) atoms. The third-order valence-corrected chi connectivity index (χ3v) is 3.87. The van der Waals surface area contributed by atoms with E-state index in [9.17, 15) is 9.59 Å². The van der Waals surface area contributed by atoms with Crippen LogP contribution >= 0.6 is 0 Å². The summed E-state index contributed by atoms with van der Waals surface area (Å²) in [5, 5.41) is 12.0. The van der Waals surface area contributed by atoms with Gasteiger partial charge in [-0.25, -0.2) is 0 Å². The summed E-state index contributed by atoms with van der Waals surface area (Å²) in [5.41, 5.74) is 1.25. The molecule has 0 radical (unpaired) electrons. The number of amides is 1. The Kier molecular flexibility index (Phi) is 5.55. The Morgan fingerprint density at radius 2 is 1.76 bits per heavy atom. The average Bonchev–Trinajstić information content (AvgIpc) is 2.52. The first-order chi connectivity index (χ1) is 10.2. The topological polar surface area (TPSA) is 66.4 Å². The monoisotopic (exact) mass is 287 g/mol. The highest BCUT2D eigenvalue weighted by molar-refractivity contribution is 5.85. The first-order valence-electron chi connectivity index (χ1n) is 7.38. The quantitative estimate of drug-likeness (QED) is 0.623. The van der Waals surface area contributed by atoms with Crippen molar-refractivity contribution in [3.63, 3.8) is 0 Å². The van der Waals surface area contributed by atoms with E-state index in [2.05, 4.69) is 17.4 Å². The second kappa shape index (κ2) is 7.62. The van der Waals surface area contributed by atoms with Crippen LogP contribution in [-0.2, 0) is 16.0 Å². The molecule has 0 bridgehead atoms. The SMILES string of the molecule is O=C(NCCCc1ccccc1)[C@H]1CC=CC[C@H]1C(=O)O. The van der Waals surface area contributed by atoms with Crippen molar-refractivity contribution < 1.29 is 14.7 Å². The lowest BCUT2D eigenvalue weighted by Gasteiger charge is -2.24. The predicted octanol–water partition coefficient (Wildman–Crippen LogP) is 2.40. The van der Waals surface area contributed by atoms with Crippen molar-refractivity contribution in [2.75, 3.05) is 6.54 Å². The van der Waals surface area contributed by atoms with Crippen molar-refractivity contribution in [1.29, 1.82) is 0 Å². The first kappa shape index (κ1) is 15.3. The fraction of sp³-hybridized carbons (Fsp3) is 0.412. The normalized spacial score (nSPS) is 21.0. The fourth-order valence-corrected chi connectivity index (χ4v) is 2.66. The first-order valence-corrected chi connectivity index (χ1v) is 7.38. The number of aryl methyl sites for hydroxylation is 1. The van der Waals surface area contributed by atoms with E-state index in [0.717, 1.165) is 12.8 Å². The van der Waals surface area contributed by atoms with Gasteiger partial charge in [-0.3, -0.25) is 9.59 Å². The fourth-order valence-electron chi connectivity index (χ4n) is 2.66. The Bertz CT molecular complexity index is 510. The molecule has 1 aromatic rings. The van der Waals surface area contributed by atoms with E-state index in [1.807, 2.05) is 30.4 Å². The van der Waals surface area contributed by atoms with Crippen LogP contribution in [0.25, 0.3) is 0 Å². The average molecular weight is 287 g/mol. The Labute approximate surface area is 124 Å². The number of benzene rings is 1. The van der Waals surface area contributed by atoms with E-state index in [4.69, 9.17) is 5.11 Å². The van der Waals surface area contributed by atoms with Gasteiger partial charge in [-0.15, -0.1) is 0 Å². The highest BCUT2D eigenvalue weighted by atomic mass is 16.4. The van der Waals surface area contributed by atoms with E-state index < -0.39 is 17.8 Å². The molecule has 0 aliphatic heterocycles. The third-order valence-electron chi connectivity index (χ3n) is 3.87. The van der Waals surface area contributed by atoms with Crippen LogP contribution in [0.4, 0.5) is 0 Å². The lowest BCUT2D eigenvalue weighted by atomic mass is 9.82.